The predicted molar refractivity (Wildman–Crippen MR) is 148 cm³/mol. The molecule has 3 rings (SSSR count). The smallest absolute Gasteiger partial charge is 0.239 e. The third kappa shape index (κ3) is 9.51. The van der Waals surface area contributed by atoms with Crippen LogP contribution in [0.3, 0.4) is 0 Å². The van der Waals surface area contributed by atoms with Gasteiger partial charge in [0.2, 0.25) is 11.8 Å². The summed E-state index contributed by atoms with van der Waals surface area (Å²) >= 11 is 1.41. The van der Waals surface area contributed by atoms with Crippen molar-refractivity contribution >= 4 is 35.3 Å². The number of hydrogen-bond acceptors (Lipinski definition) is 7. The first-order chi connectivity index (χ1) is 17.8. The molecule has 194 valence electrons. The minimum Gasteiger partial charge on any atom is -0.508 e. The number of rotatable bonds is 13. The zero-order valence-electron chi connectivity index (χ0n) is 20.4. The Kier molecular flexibility index (Phi) is 10.4. The van der Waals surface area contributed by atoms with Gasteiger partial charge in [-0.15, -0.1) is 0 Å². The first kappa shape index (κ1) is 27.6. The van der Waals surface area contributed by atoms with E-state index in [0.29, 0.717) is 36.4 Å². The maximum absolute atomic E-state index is 12.9. The zero-order valence-corrected chi connectivity index (χ0v) is 21.2. The molecule has 37 heavy (non-hydrogen) atoms. The molecule has 0 saturated heterocycles. The van der Waals surface area contributed by atoms with Gasteiger partial charge in [-0.3, -0.25) is 19.7 Å². The maximum Gasteiger partial charge on any atom is 0.239 e. The van der Waals surface area contributed by atoms with E-state index in [0.717, 1.165) is 16.7 Å². The van der Waals surface area contributed by atoms with Crippen molar-refractivity contribution in [2.24, 2.45) is 5.73 Å². The topological polar surface area (TPSA) is 166 Å². The Morgan fingerprint density at radius 1 is 0.892 bits per heavy atom. The number of aromatic hydroxyl groups is 1. The van der Waals surface area contributed by atoms with Gasteiger partial charge in [0.05, 0.1) is 12.6 Å². The first-order valence-electron chi connectivity index (χ1n) is 11.8. The number of amides is 2. The maximum atomic E-state index is 12.9. The van der Waals surface area contributed by atoms with Crippen molar-refractivity contribution in [1.82, 2.24) is 15.4 Å². The van der Waals surface area contributed by atoms with E-state index in [4.69, 9.17) is 16.9 Å². The van der Waals surface area contributed by atoms with Crippen LogP contribution in [0.15, 0.2) is 72.8 Å². The molecule has 0 saturated carbocycles. The number of aryl methyl sites for hydroxylation is 1. The SMILES string of the molecule is N=C(N)c1ccc(CNC(=O)CNC(=O)C(CCc2ccc(O)cc2)NSCc2ccc(N)cc2)cc1. The third-order valence-corrected chi connectivity index (χ3v) is 6.53. The van der Waals surface area contributed by atoms with Gasteiger partial charge in [0.1, 0.15) is 11.6 Å². The molecular weight excluding hydrogens is 488 g/mol. The molecule has 10 heteroatoms. The summed E-state index contributed by atoms with van der Waals surface area (Å²) < 4.78 is 3.22. The van der Waals surface area contributed by atoms with Gasteiger partial charge < -0.3 is 27.2 Å². The minimum atomic E-state index is -0.528. The van der Waals surface area contributed by atoms with Gasteiger partial charge in [-0.1, -0.05) is 60.5 Å². The quantitative estimate of drug-likeness (QED) is 0.0786. The van der Waals surface area contributed by atoms with Gasteiger partial charge in [-0.25, -0.2) is 0 Å². The van der Waals surface area contributed by atoms with Gasteiger partial charge in [-0.05, 0) is 53.8 Å². The molecule has 0 spiro atoms. The summed E-state index contributed by atoms with van der Waals surface area (Å²) in [4.78, 5) is 25.2. The highest BCUT2D eigenvalue weighted by Crippen LogP contribution is 2.15. The fourth-order valence-corrected chi connectivity index (χ4v) is 4.28. The molecule has 0 aliphatic heterocycles. The summed E-state index contributed by atoms with van der Waals surface area (Å²) in [7, 11) is 0. The third-order valence-electron chi connectivity index (χ3n) is 5.60. The second-order valence-electron chi connectivity index (χ2n) is 8.51. The molecule has 0 radical (unpaired) electrons. The van der Waals surface area contributed by atoms with Crippen LogP contribution in [-0.2, 0) is 28.3 Å². The van der Waals surface area contributed by atoms with Crippen LogP contribution in [-0.4, -0.2) is 35.3 Å². The van der Waals surface area contributed by atoms with Crippen LogP contribution in [0.2, 0.25) is 0 Å². The van der Waals surface area contributed by atoms with Crippen molar-refractivity contribution in [3.63, 3.8) is 0 Å². The zero-order chi connectivity index (χ0) is 26.6. The molecule has 1 unspecified atom stereocenters. The van der Waals surface area contributed by atoms with E-state index in [-0.39, 0.29) is 29.9 Å². The fraction of sp³-hybridized carbons (Fsp3) is 0.222. The number of anilines is 1. The van der Waals surface area contributed by atoms with Crippen molar-refractivity contribution in [3.05, 3.63) is 95.1 Å². The van der Waals surface area contributed by atoms with E-state index in [1.54, 1.807) is 36.4 Å². The molecule has 0 aliphatic rings. The molecule has 0 heterocycles. The first-order valence-corrected chi connectivity index (χ1v) is 12.8. The molecule has 3 aromatic carbocycles. The van der Waals surface area contributed by atoms with Gasteiger partial charge in [0.25, 0.3) is 0 Å². The lowest BCUT2D eigenvalue weighted by atomic mass is 10.1. The van der Waals surface area contributed by atoms with Crippen molar-refractivity contribution < 1.29 is 14.7 Å². The number of benzene rings is 3. The van der Waals surface area contributed by atoms with E-state index < -0.39 is 6.04 Å². The molecule has 2 amide bonds. The van der Waals surface area contributed by atoms with E-state index in [1.807, 2.05) is 36.4 Å². The summed E-state index contributed by atoms with van der Waals surface area (Å²) in [6.07, 6.45) is 1.13. The second-order valence-corrected chi connectivity index (χ2v) is 9.32. The van der Waals surface area contributed by atoms with E-state index in [9.17, 15) is 14.7 Å². The Morgan fingerprint density at radius 2 is 1.51 bits per heavy atom. The van der Waals surface area contributed by atoms with Crippen molar-refractivity contribution in [1.29, 1.82) is 5.41 Å². The Bertz CT molecular complexity index is 1180. The van der Waals surface area contributed by atoms with Crippen LogP contribution in [0.25, 0.3) is 0 Å². The number of amidine groups is 1. The van der Waals surface area contributed by atoms with Crippen molar-refractivity contribution in [2.75, 3.05) is 12.3 Å². The van der Waals surface area contributed by atoms with Crippen molar-refractivity contribution in [3.8, 4) is 5.75 Å². The fourth-order valence-electron chi connectivity index (χ4n) is 3.41. The van der Waals surface area contributed by atoms with Gasteiger partial charge in [-0.2, -0.15) is 0 Å². The molecule has 0 aliphatic carbocycles. The van der Waals surface area contributed by atoms with E-state index in [1.165, 1.54) is 11.9 Å². The molecular formula is C27H32N6O3S. The number of carbonyl (C=O) groups excluding carboxylic acids is 2. The molecule has 3 aromatic rings. The summed E-state index contributed by atoms with van der Waals surface area (Å²) in [5.41, 5.74) is 15.4. The molecule has 9 nitrogen and oxygen atoms in total. The Balaban J connectivity index is 1.50. The Labute approximate surface area is 220 Å². The number of phenols is 1. The molecule has 0 aromatic heterocycles. The average Bonchev–Trinajstić information content (AvgIpc) is 2.90. The molecule has 9 N–H and O–H groups in total. The van der Waals surface area contributed by atoms with Gasteiger partial charge in [0, 0.05) is 23.5 Å². The Hall–Kier alpha value is -4.02. The minimum absolute atomic E-state index is 0.0153. The summed E-state index contributed by atoms with van der Waals surface area (Å²) in [6.45, 7) is 0.150. The number of phenolic OH excluding ortho intramolecular Hbond substituents is 1. The standard InChI is InChI=1S/C27H32N6O3S/c28-22-10-3-20(4-11-22)17-37-33-24(14-7-18-5-12-23(34)13-6-18)27(36)32-16-25(35)31-15-19-1-8-21(9-2-19)26(29)30/h1-6,8-13,24,33-34H,7,14-17,28H2,(H3,29,30)(H,31,35)(H,32,36). The number of hydrogen-bond donors (Lipinski definition) is 7. The predicted octanol–water partition coefficient (Wildman–Crippen LogP) is 2.43. The van der Waals surface area contributed by atoms with Crippen LogP contribution >= 0.6 is 11.9 Å². The number of nitrogen functional groups attached to an aromatic ring is 2. The second kappa shape index (κ2) is 13.9. The molecule has 1 atom stereocenters. The molecule has 0 bridgehead atoms. The summed E-state index contributed by atoms with van der Waals surface area (Å²) in [5.74, 6) is 0.237. The highest BCUT2D eigenvalue weighted by atomic mass is 32.2. The molecule has 0 fully saturated rings. The van der Waals surface area contributed by atoms with Crippen LogP contribution < -0.4 is 26.8 Å². The number of nitrogens with one attached hydrogen (secondary N) is 4. The van der Waals surface area contributed by atoms with Crippen LogP contribution in [0.1, 0.15) is 28.7 Å². The van der Waals surface area contributed by atoms with Crippen LogP contribution in [0.4, 0.5) is 5.69 Å². The van der Waals surface area contributed by atoms with E-state index in [2.05, 4.69) is 15.4 Å². The van der Waals surface area contributed by atoms with Crippen molar-refractivity contribution in [2.45, 2.75) is 31.2 Å². The largest absolute Gasteiger partial charge is 0.508 e. The van der Waals surface area contributed by atoms with Gasteiger partial charge >= 0.3 is 0 Å². The monoisotopic (exact) mass is 520 g/mol. The number of carbonyl (C=O) groups is 2. The average molecular weight is 521 g/mol. The van der Waals surface area contributed by atoms with Gasteiger partial charge in [0.15, 0.2) is 0 Å². The Morgan fingerprint density at radius 3 is 2.16 bits per heavy atom. The lowest BCUT2D eigenvalue weighted by Gasteiger charge is -2.18. The normalized spacial score (nSPS) is 11.5. The lowest BCUT2D eigenvalue weighted by Crippen LogP contribution is -2.45. The van der Waals surface area contributed by atoms with Crippen LogP contribution in [0, 0.1) is 5.41 Å². The number of nitrogens with two attached hydrogens (primary N) is 2. The highest BCUT2D eigenvalue weighted by Gasteiger charge is 2.19. The summed E-state index contributed by atoms with van der Waals surface area (Å²) in [5, 5.41) is 22.4. The highest BCUT2D eigenvalue weighted by molar-refractivity contribution is 7.96. The summed E-state index contributed by atoms with van der Waals surface area (Å²) in [6, 6.07) is 20.9. The lowest BCUT2D eigenvalue weighted by molar-refractivity contribution is -0.127. The van der Waals surface area contributed by atoms with Crippen LogP contribution in [0.5, 0.6) is 5.75 Å². The van der Waals surface area contributed by atoms with E-state index >= 15 is 0 Å².